The second-order valence-corrected chi connectivity index (χ2v) is 11.2. The second kappa shape index (κ2) is 15.0. The van der Waals surface area contributed by atoms with Gasteiger partial charge in [0.15, 0.2) is 17.0 Å². The predicted molar refractivity (Wildman–Crippen MR) is 177 cm³/mol. The summed E-state index contributed by atoms with van der Waals surface area (Å²) in [5.74, 6) is -2.45. The van der Waals surface area contributed by atoms with Crippen LogP contribution < -0.4 is 27.0 Å². The number of hydrogen-bond acceptors (Lipinski definition) is 12. The smallest absolute Gasteiger partial charge is 0.326 e. The molecule has 0 radical (unpaired) electrons. The Morgan fingerprint density at radius 1 is 1.11 bits per heavy atom. The van der Waals surface area contributed by atoms with Gasteiger partial charge in [0, 0.05) is 33.3 Å². The third kappa shape index (κ3) is 8.36. The number of nitrogens with two attached hydrogens (primary N) is 2. The first-order valence-electron chi connectivity index (χ1n) is 13.7. The molecule has 18 heteroatoms. The third-order valence-electron chi connectivity index (χ3n) is 6.74. The lowest BCUT2D eigenvalue weighted by Gasteiger charge is -2.19. The van der Waals surface area contributed by atoms with E-state index in [0.717, 1.165) is 5.69 Å². The van der Waals surface area contributed by atoms with Crippen molar-refractivity contribution in [3.05, 3.63) is 73.4 Å². The van der Waals surface area contributed by atoms with Crippen molar-refractivity contribution in [3.8, 4) is 5.75 Å². The van der Waals surface area contributed by atoms with Crippen LogP contribution in [0, 0.1) is 3.57 Å². The molecule has 238 valence electrons. The van der Waals surface area contributed by atoms with Crippen LogP contribution in [0.15, 0.2) is 47.7 Å². The number of hydrogen-bond donors (Lipinski definition) is 6. The first kappa shape index (κ1) is 33.4. The van der Waals surface area contributed by atoms with Crippen molar-refractivity contribution in [1.82, 2.24) is 30.6 Å². The minimum absolute atomic E-state index is 0.00962. The van der Waals surface area contributed by atoms with Crippen molar-refractivity contribution in [3.63, 3.8) is 0 Å². The second-order valence-electron chi connectivity index (χ2n) is 10.0. The Balaban J connectivity index is 1.26. The largest absolute Gasteiger partial charge is 0.507 e. The molecule has 46 heavy (non-hydrogen) atoms. The number of phenolic OH excluding ortho intramolecular Hbond substituents is 1. The van der Waals surface area contributed by atoms with E-state index < -0.39 is 23.8 Å². The number of fused-ring (bicyclic) bond motifs is 1. The summed E-state index contributed by atoms with van der Waals surface area (Å²) in [6, 6.07) is 8.10. The number of unbranched alkanes of at least 4 members (excludes halogenated alkanes) is 1. The van der Waals surface area contributed by atoms with E-state index in [0.29, 0.717) is 39.8 Å². The maximum atomic E-state index is 12.8. The lowest BCUT2D eigenvalue weighted by molar-refractivity contribution is -0.139. The summed E-state index contributed by atoms with van der Waals surface area (Å²) in [5.41, 5.74) is 22.6. The number of benzene rings is 2. The van der Waals surface area contributed by atoms with E-state index in [-0.39, 0.29) is 47.3 Å². The summed E-state index contributed by atoms with van der Waals surface area (Å²) in [5, 5.41) is 28.4. The summed E-state index contributed by atoms with van der Waals surface area (Å²) in [6.45, 7) is 0.576. The van der Waals surface area contributed by atoms with Gasteiger partial charge in [-0.05, 0) is 83.8 Å². The molecule has 0 aliphatic carbocycles. The Morgan fingerprint density at radius 2 is 1.85 bits per heavy atom. The van der Waals surface area contributed by atoms with Crippen molar-refractivity contribution in [2.45, 2.75) is 31.8 Å². The molecule has 4 aromatic rings. The third-order valence-corrected chi connectivity index (χ3v) is 7.61. The van der Waals surface area contributed by atoms with Crippen LogP contribution >= 0.6 is 22.6 Å². The van der Waals surface area contributed by atoms with Crippen LogP contribution in [-0.2, 0) is 11.3 Å². The maximum absolute atomic E-state index is 12.8. The Kier molecular flexibility index (Phi) is 10.9. The number of carbonyl (C=O) groups is 3. The van der Waals surface area contributed by atoms with Gasteiger partial charge in [0.05, 0.1) is 29.7 Å². The van der Waals surface area contributed by atoms with Gasteiger partial charge in [-0.15, -0.1) is 0 Å². The van der Waals surface area contributed by atoms with Crippen molar-refractivity contribution in [2.24, 2.45) is 5.11 Å². The molecule has 2 amide bonds. The van der Waals surface area contributed by atoms with Gasteiger partial charge in [-0.3, -0.25) is 9.59 Å². The van der Waals surface area contributed by atoms with E-state index in [1.807, 2.05) is 34.5 Å². The number of amides is 2. The van der Waals surface area contributed by atoms with Crippen molar-refractivity contribution >= 4 is 74.7 Å². The van der Waals surface area contributed by atoms with Gasteiger partial charge >= 0.3 is 5.97 Å². The summed E-state index contributed by atoms with van der Waals surface area (Å²) in [7, 11) is 1.83. The van der Waals surface area contributed by atoms with Crippen LogP contribution in [0.25, 0.3) is 21.6 Å². The van der Waals surface area contributed by atoms with Gasteiger partial charge in [0.25, 0.3) is 11.8 Å². The highest BCUT2D eigenvalue weighted by molar-refractivity contribution is 14.1. The highest BCUT2D eigenvalue weighted by Crippen LogP contribution is 2.30. The number of nitrogen functional groups attached to an aromatic ring is 2. The van der Waals surface area contributed by atoms with Gasteiger partial charge in [0.2, 0.25) is 5.95 Å². The summed E-state index contributed by atoms with van der Waals surface area (Å²) in [6.07, 6.45) is 2.52. The fourth-order valence-corrected chi connectivity index (χ4v) is 4.96. The monoisotopic (exact) mass is 738 g/mol. The number of halogens is 1. The number of phenols is 1. The zero-order valence-electron chi connectivity index (χ0n) is 24.4. The minimum atomic E-state index is -1.18. The Hall–Kier alpha value is -5.49. The first-order valence-corrected chi connectivity index (χ1v) is 14.8. The predicted octanol–water partition coefficient (Wildman–Crippen LogP) is 3.26. The molecule has 17 nitrogen and oxygen atoms in total. The standard InChI is InChI=1S/C28H29IN12O5/c1-41(13-15-12-34-24-22(35-15)23(30)37-28(31)38-24)16-7-5-14(6-8-16)25(43)36-19(27(45)46)4-2-3-9-33-26(44)17-10-18(29)20(39-40-32)11-21(17)42/h5-8,10-12,19,42H,2-4,9,13H2,1H3,(H,33,44)(H,36,43)(H,45,46)(H4,30,31,34,37,38)/t19-/m0/s1/i29-2. The van der Waals surface area contributed by atoms with Crippen molar-refractivity contribution in [1.29, 1.82) is 0 Å². The molecule has 0 saturated heterocycles. The van der Waals surface area contributed by atoms with E-state index in [1.165, 1.54) is 12.1 Å². The maximum Gasteiger partial charge on any atom is 0.326 e. The summed E-state index contributed by atoms with van der Waals surface area (Å²) < 4.78 is 0.490. The van der Waals surface area contributed by atoms with Crippen molar-refractivity contribution < 1.29 is 24.6 Å². The number of azide groups is 1. The molecule has 0 saturated carbocycles. The van der Waals surface area contributed by atoms with Crippen LogP contribution in [0.3, 0.4) is 0 Å². The van der Waals surface area contributed by atoms with E-state index in [9.17, 15) is 24.6 Å². The fraction of sp³-hybridized carbons (Fsp3) is 0.250. The number of aliphatic carboxylic acids is 1. The molecule has 0 aliphatic rings. The average Bonchev–Trinajstić information content (AvgIpc) is 3.02. The molecule has 2 aromatic heterocycles. The minimum Gasteiger partial charge on any atom is -0.507 e. The number of aromatic hydroxyl groups is 1. The number of carboxylic acid groups (broad SMARTS) is 1. The van der Waals surface area contributed by atoms with E-state index in [2.05, 4.69) is 40.6 Å². The highest BCUT2D eigenvalue weighted by atomic mass is 125. The molecule has 0 fully saturated rings. The Bertz CT molecular complexity index is 1830. The van der Waals surface area contributed by atoms with Gasteiger partial charge in [-0.1, -0.05) is 5.11 Å². The number of carboxylic acids is 1. The molecule has 4 rings (SSSR count). The summed E-state index contributed by atoms with van der Waals surface area (Å²) in [4.78, 5) is 58.3. The molecule has 0 spiro atoms. The van der Waals surface area contributed by atoms with E-state index in [4.69, 9.17) is 17.0 Å². The number of aromatic nitrogens is 4. The average molecular weight is 739 g/mol. The first-order chi connectivity index (χ1) is 22.0. The van der Waals surface area contributed by atoms with Crippen LogP contribution in [0.2, 0.25) is 0 Å². The lowest BCUT2D eigenvalue weighted by atomic mass is 10.1. The number of nitrogens with zero attached hydrogens (tertiary/aromatic N) is 8. The van der Waals surface area contributed by atoms with Gasteiger partial charge in [0.1, 0.15) is 11.8 Å². The zero-order chi connectivity index (χ0) is 33.4. The Labute approximate surface area is 275 Å². The lowest BCUT2D eigenvalue weighted by Crippen LogP contribution is -2.40. The van der Waals surface area contributed by atoms with Gasteiger partial charge in [-0.2, -0.15) is 9.97 Å². The van der Waals surface area contributed by atoms with Crippen LogP contribution in [0.1, 0.15) is 45.7 Å². The summed E-state index contributed by atoms with van der Waals surface area (Å²) >= 11 is 1.89. The molecular formula is C28H29IN12O5. The Morgan fingerprint density at radius 3 is 2.54 bits per heavy atom. The van der Waals surface area contributed by atoms with Gasteiger partial charge < -0.3 is 37.2 Å². The topological polar surface area (TPSA) is 271 Å². The fourth-order valence-electron chi connectivity index (χ4n) is 4.39. The van der Waals surface area contributed by atoms with Crippen LogP contribution in [-0.4, -0.2) is 67.6 Å². The molecule has 0 unspecified atom stereocenters. The highest BCUT2D eigenvalue weighted by Gasteiger charge is 2.21. The zero-order valence-corrected chi connectivity index (χ0v) is 26.5. The van der Waals surface area contributed by atoms with Crippen LogP contribution in [0.5, 0.6) is 5.75 Å². The molecule has 0 aliphatic heterocycles. The van der Waals surface area contributed by atoms with Gasteiger partial charge in [-0.25, -0.2) is 14.8 Å². The number of rotatable bonds is 13. The molecule has 8 N–H and O–H groups in total. The number of nitrogens with one attached hydrogen (secondary N) is 2. The molecule has 0 bridgehead atoms. The molecule has 2 heterocycles. The molecule has 1 atom stereocenters. The SMILES string of the molecule is CN(Cc1cnc2nc(N)nc(N)c2n1)c1ccc(C(=O)N[C@@H](CCCCNC(=O)c2cc([125I])c(N=[N+]=[N-])cc2O)C(=O)O)cc1. The molecule has 2 aromatic carbocycles. The number of anilines is 3. The quantitative estimate of drug-likeness (QED) is 0.0379. The van der Waals surface area contributed by atoms with E-state index >= 15 is 0 Å². The number of carbonyl (C=O) groups excluding carboxylic acids is 2. The van der Waals surface area contributed by atoms with Crippen LogP contribution in [0.4, 0.5) is 23.1 Å². The van der Waals surface area contributed by atoms with Crippen molar-refractivity contribution in [2.75, 3.05) is 30.0 Å². The molecular weight excluding hydrogens is 709 g/mol. The normalized spacial score (nSPS) is 11.3. The van der Waals surface area contributed by atoms with E-state index in [1.54, 1.807) is 30.5 Å².